The number of halogens is 1. The number of hydrogen-bond acceptors (Lipinski definition) is 3. The molecule has 0 bridgehead atoms. The number of nitrogens with zero attached hydrogens (tertiary/aromatic N) is 2. The van der Waals surface area contributed by atoms with Crippen molar-refractivity contribution in [2.24, 2.45) is 0 Å². The maximum Gasteiger partial charge on any atom is 0.341 e. The van der Waals surface area contributed by atoms with Crippen LogP contribution in [0.15, 0.2) is 30.5 Å². The second kappa shape index (κ2) is 4.25. The summed E-state index contributed by atoms with van der Waals surface area (Å²) in [4.78, 5) is 10.7. The molecule has 5 nitrogen and oxygen atoms in total. The molecule has 0 atom stereocenters. The summed E-state index contributed by atoms with van der Waals surface area (Å²) < 4.78 is 14.1. The summed E-state index contributed by atoms with van der Waals surface area (Å²) in [7, 11) is 0. The average Bonchev–Trinajstić information content (AvgIpc) is 2.63. The molecule has 0 aliphatic carbocycles. The maximum atomic E-state index is 12.7. The van der Waals surface area contributed by atoms with Crippen molar-refractivity contribution in [2.75, 3.05) is 5.73 Å². The van der Waals surface area contributed by atoms with Gasteiger partial charge in [-0.25, -0.2) is 9.18 Å². The van der Waals surface area contributed by atoms with Crippen LogP contribution in [-0.4, -0.2) is 20.9 Å². The zero-order valence-corrected chi connectivity index (χ0v) is 8.80. The Labute approximate surface area is 96.3 Å². The normalized spacial score (nSPS) is 10.4. The number of carboxylic acids is 1. The summed E-state index contributed by atoms with van der Waals surface area (Å²) >= 11 is 0. The first-order valence-corrected chi connectivity index (χ1v) is 4.87. The monoisotopic (exact) mass is 235 g/mol. The number of carbonyl (C=O) groups is 1. The third-order valence-corrected chi connectivity index (χ3v) is 2.28. The van der Waals surface area contributed by atoms with Crippen LogP contribution in [0.4, 0.5) is 10.2 Å². The van der Waals surface area contributed by atoms with Crippen LogP contribution in [0, 0.1) is 5.82 Å². The van der Waals surface area contributed by atoms with E-state index in [0.29, 0.717) is 6.54 Å². The van der Waals surface area contributed by atoms with Gasteiger partial charge in [-0.2, -0.15) is 5.10 Å². The van der Waals surface area contributed by atoms with Crippen molar-refractivity contribution in [2.45, 2.75) is 6.54 Å². The third kappa shape index (κ3) is 2.41. The highest BCUT2D eigenvalue weighted by atomic mass is 19.1. The Morgan fingerprint density at radius 1 is 1.41 bits per heavy atom. The zero-order valence-electron chi connectivity index (χ0n) is 8.80. The van der Waals surface area contributed by atoms with Crippen molar-refractivity contribution >= 4 is 11.8 Å². The first kappa shape index (κ1) is 11.1. The van der Waals surface area contributed by atoms with Crippen LogP contribution in [0.1, 0.15) is 15.9 Å². The molecule has 0 saturated heterocycles. The van der Waals surface area contributed by atoms with Gasteiger partial charge in [0.15, 0.2) is 5.82 Å². The Morgan fingerprint density at radius 3 is 2.59 bits per heavy atom. The van der Waals surface area contributed by atoms with Gasteiger partial charge in [-0.3, -0.25) is 4.68 Å². The molecular formula is C11H10FN3O2. The molecule has 88 valence electrons. The standard InChI is InChI=1S/C11H10FN3O2/c12-8-3-1-7(2-4-8)5-15-6-9(11(16)17)10(13)14-15/h1-4,6H,5H2,(H2,13,14)(H,16,17). The lowest BCUT2D eigenvalue weighted by Crippen LogP contribution is -2.00. The van der Waals surface area contributed by atoms with Crippen molar-refractivity contribution in [3.63, 3.8) is 0 Å². The topological polar surface area (TPSA) is 81.1 Å². The van der Waals surface area contributed by atoms with Gasteiger partial charge in [0, 0.05) is 6.20 Å². The summed E-state index contributed by atoms with van der Waals surface area (Å²) in [6, 6.07) is 5.88. The van der Waals surface area contributed by atoms with E-state index in [9.17, 15) is 9.18 Å². The van der Waals surface area contributed by atoms with Gasteiger partial charge < -0.3 is 10.8 Å². The van der Waals surface area contributed by atoms with Crippen LogP contribution in [0.2, 0.25) is 0 Å². The lowest BCUT2D eigenvalue weighted by Gasteiger charge is -2.00. The Balaban J connectivity index is 2.22. The van der Waals surface area contributed by atoms with E-state index in [-0.39, 0.29) is 17.2 Å². The molecule has 0 unspecified atom stereocenters. The molecule has 0 aliphatic heterocycles. The minimum absolute atomic E-state index is 0.0281. The molecular weight excluding hydrogens is 225 g/mol. The molecule has 0 spiro atoms. The van der Waals surface area contributed by atoms with Gasteiger partial charge in [0.2, 0.25) is 0 Å². The van der Waals surface area contributed by atoms with Crippen molar-refractivity contribution in [1.29, 1.82) is 0 Å². The summed E-state index contributed by atoms with van der Waals surface area (Å²) in [6.45, 7) is 0.345. The predicted octanol–water partition coefficient (Wildman–Crippen LogP) is 1.35. The highest BCUT2D eigenvalue weighted by molar-refractivity contribution is 5.92. The number of aromatic nitrogens is 2. The van der Waals surface area contributed by atoms with E-state index in [1.54, 1.807) is 12.1 Å². The predicted molar refractivity (Wildman–Crippen MR) is 59.1 cm³/mol. The second-order valence-electron chi connectivity index (χ2n) is 3.56. The molecule has 0 amide bonds. The largest absolute Gasteiger partial charge is 0.477 e. The van der Waals surface area contributed by atoms with Crippen LogP contribution in [0.3, 0.4) is 0 Å². The average molecular weight is 235 g/mol. The number of carboxylic acid groups (broad SMARTS) is 1. The highest BCUT2D eigenvalue weighted by Crippen LogP contribution is 2.11. The Kier molecular flexibility index (Phi) is 2.78. The summed E-state index contributed by atoms with van der Waals surface area (Å²) in [6.07, 6.45) is 1.35. The molecule has 0 radical (unpaired) electrons. The van der Waals surface area contributed by atoms with Gasteiger partial charge in [-0.15, -0.1) is 0 Å². The number of nitrogen functional groups attached to an aromatic ring is 1. The Morgan fingerprint density at radius 2 is 2.06 bits per heavy atom. The molecule has 17 heavy (non-hydrogen) atoms. The molecule has 1 aromatic heterocycles. The smallest absolute Gasteiger partial charge is 0.341 e. The van der Waals surface area contributed by atoms with Crippen LogP contribution in [-0.2, 0) is 6.54 Å². The van der Waals surface area contributed by atoms with Crippen LogP contribution < -0.4 is 5.73 Å². The first-order chi connectivity index (χ1) is 8.06. The lowest BCUT2D eigenvalue weighted by molar-refractivity contribution is 0.0698. The number of rotatable bonds is 3. The van der Waals surface area contributed by atoms with Gasteiger partial charge in [-0.05, 0) is 17.7 Å². The number of anilines is 1. The number of nitrogens with two attached hydrogens (primary N) is 1. The number of hydrogen-bond donors (Lipinski definition) is 2. The van der Waals surface area contributed by atoms with Crippen LogP contribution in [0.25, 0.3) is 0 Å². The quantitative estimate of drug-likeness (QED) is 0.841. The van der Waals surface area contributed by atoms with Gasteiger partial charge in [0.1, 0.15) is 11.4 Å². The van der Waals surface area contributed by atoms with Crippen LogP contribution in [0.5, 0.6) is 0 Å². The van der Waals surface area contributed by atoms with Crippen molar-refractivity contribution in [3.05, 3.63) is 47.4 Å². The second-order valence-corrected chi connectivity index (χ2v) is 3.56. The fourth-order valence-electron chi connectivity index (χ4n) is 1.46. The van der Waals surface area contributed by atoms with Crippen molar-refractivity contribution < 1.29 is 14.3 Å². The molecule has 1 aromatic carbocycles. The van der Waals surface area contributed by atoms with E-state index < -0.39 is 5.97 Å². The Hall–Kier alpha value is -2.37. The minimum atomic E-state index is -1.12. The summed E-state index contributed by atoms with van der Waals surface area (Å²) in [5.41, 5.74) is 6.22. The molecule has 0 saturated carbocycles. The van der Waals surface area contributed by atoms with E-state index in [2.05, 4.69) is 5.10 Å². The number of benzene rings is 1. The summed E-state index contributed by atoms with van der Waals surface area (Å²) in [5, 5.41) is 12.7. The molecule has 0 fully saturated rings. The Bertz CT molecular complexity index is 548. The molecule has 2 rings (SSSR count). The van der Waals surface area contributed by atoms with E-state index in [4.69, 9.17) is 10.8 Å². The molecule has 3 N–H and O–H groups in total. The van der Waals surface area contributed by atoms with Gasteiger partial charge >= 0.3 is 5.97 Å². The summed E-state index contributed by atoms with van der Waals surface area (Å²) in [5.74, 6) is -1.47. The fraction of sp³-hybridized carbons (Fsp3) is 0.0909. The third-order valence-electron chi connectivity index (χ3n) is 2.28. The van der Waals surface area contributed by atoms with Gasteiger partial charge in [0.25, 0.3) is 0 Å². The van der Waals surface area contributed by atoms with Crippen LogP contribution >= 0.6 is 0 Å². The molecule has 1 heterocycles. The van der Waals surface area contributed by atoms with Gasteiger partial charge in [0.05, 0.1) is 6.54 Å². The van der Waals surface area contributed by atoms with E-state index in [1.165, 1.54) is 23.0 Å². The highest BCUT2D eigenvalue weighted by Gasteiger charge is 2.12. The molecule has 2 aromatic rings. The van der Waals surface area contributed by atoms with Crippen molar-refractivity contribution in [3.8, 4) is 0 Å². The van der Waals surface area contributed by atoms with Crippen molar-refractivity contribution in [1.82, 2.24) is 9.78 Å². The zero-order chi connectivity index (χ0) is 12.4. The van der Waals surface area contributed by atoms with E-state index in [1.807, 2.05) is 0 Å². The lowest BCUT2D eigenvalue weighted by atomic mass is 10.2. The maximum absolute atomic E-state index is 12.7. The van der Waals surface area contributed by atoms with E-state index >= 15 is 0 Å². The van der Waals surface area contributed by atoms with Gasteiger partial charge in [-0.1, -0.05) is 12.1 Å². The molecule has 6 heteroatoms. The fourth-order valence-corrected chi connectivity index (χ4v) is 1.46. The van der Waals surface area contributed by atoms with E-state index in [0.717, 1.165) is 5.56 Å². The minimum Gasteiger partial charge on any atom is -0.477 e. The number of aromatic carboxylic acids is 1. The SMILES string of the molecule is Nc1nn(Cc2ccc(F)cc2)cc1C(=O)O. The molecule has 0 aliphatic rings. The first-order valence-electron chi connectivity index (χ1n) is 4.87.